The fourth-order valence-corrected chi connectivity index (χ4v) is 5.18. The number of carbonyl (C=O) groups is 2. The Morgan fingerprint density at radius 2 is 1.70 bits per heavy atom. The lowest BCUT2D eigenvalue weighted by molar-refractivity contribution is 0.101. The Kier molecular flexibility index (Phi) is 6.35. The van der Waals surface area contributed by atoms with Crippen molar-refractivity contribution in [1.82, 2.24) is 0 Å². The molecule has 33 heavy (non-hydrogen) atoms. The van der Waals surface area contributed by atoms with Crippen LogP contribution in [0.3, 0.4) is 0 Å². The van der Waals surface area contributed by atoms with E-state index in [-0.39, 0.29) is 40.2 Å². The first kappa shape index (κ1) is 22.8. The van der Waals surface area contributed by atoms with E-state index in [1.54, 1.807) is 30.3 Å². The summed E-state index contributed by atoms with van der Waals surface area (Å²) in [6.07, 6.45) is 0.464. The van der Waals surface area contributed by atoms with Gasteiger partial charge in [-0.2, -0.15) is 0 Å². The van der Waals surface area contributed by atoms with E-state index in [9.17, 15) is 22.4 Å². The molecule has 1 heterocycles. The van der Waals surface area contributed by atoms with Crippen LogP contribution in [0.5, 0.6) is 0 Å². The van der Waals surface area contributed by atoms with E-state index in [0.717, 1.165) is 10.4 Å². The molecule has 1 saturated heterocycles. The van der Waals surface area contributed by atoms with Crippen molar-refractivity contribution >= 4 is 50.5 Å². The number of hydrogen-bond acceptors (Lipinski definition) is 4. The van der Waals surface area contributed by atoms with Crippen LogP contribution in [0.1, 0.15) is 27.1 Å². The number of hydrogen-bond donors (Lipinski definition) is 2. The molecule has 0 unspecified atom stereocenters. The molecule has 1 aliphatic heterocycles. The summed E-state index contributed by atoms with van der Waals surface area (Å²) in [5, 5.41) is 5.51. The number of carbonyl (C=O) groups excluding carboxylic acids is 2. The van der Waals surface area contributed by atoms with Gasteiger partial charge in [-0.15, -0.1) is 0 Å². The van der Waals surface area contributed by atoms with Gasteiger partial charge in [0.25, 0.3) is 11.8 Å². The molecular weight excluding hydrogens is 469 g/mol. The molecule has 1 aliphatic rings. The average Bonchev–Trinajstić information content (AvgIpc) is 3.15. The Morgan fingerprint density at radius 3 is 2.36 bits per heavy atom. The van der Waals surface area contributed by atoms with Gasteiger partial charge in [0.1, 0.15) is 5.82 Å². The van der Waals surface area contributed by atoms with Gasteiger partial charge in [-0.05, 0) is 55.0 Å². The number of anilines is 3. The summed E-state index contributed by atoms with van der Waals surface area (Å²) >= 11 is 6.17. The highest BCUT2D eigenvalue weighted by Gasteiger charge is 2.29. The zero-order valence-corrected chi connectivity index (χ0v) is 18.8. The molecule has 0 saturated carbocycles. The van der Waals surface area contributed by atoms with E-state index < -0.39 is 21.7 Å². The molecule has 0 spiro atoms. The summed E-state index contributed by atoms with van der Waals surface area (Å²) < 4.78 is 39.9. The molecule has 0 bridgehead atoms. The third kappa shape index (κ3) is 4.99. The van der Waals surface area contributed by atoms with Crippen molar-refractivity contribution < 1.29 is 22.4 Å². The van der Waals surface area contributed by atoms with Gasteiger partial charge in [0.15, 0.2) is 0 Å². The van der Waals surface area contributed by atoms with E-state index in [4.69, 9.17) is 11.6 Å². The molecule has 1 fully saturated rings. The second-order valence-electron chi connectivity index (χ2n) is 7.37. The normalized spacial score (nSPS) is 14.7. The molecule has 3 aromatic carbocycles. The number of rotatable bonds is 5. The lowest BCUT2D eigenvalue weighted by Crippen LogP contribution is -2.25. The molecule has 7 nitrogen and oxygen atoms in total. The molecule has 0 radical (unpaired) electrons. The van der Waals surface area contributed by atoms with E-state index in [1.165, 1.54) is 30.3 Å². The fourth-order valence-electron chi connectivity index (χ4n) is 3.45. The summed E-state index contributed by atoms with van der Waals surface area (Å²) in [5.41, 5.74) is 0.932. The summed E-state index contributed by atoms with van der Waals surface area (Å²) in [4.78, 5) is 25.0. The summed E-state index contributed by atoms with van der Waals surface area (Å²) in [6, 6.07) is 16.7. The molecule has 10 heteroatoms. The maximum Gasteiger partial charge on any atom is 0.258 e. The molecule has 3 aromatic rings. The molecule has 0 aliphatic carbocycles. The maximum absolute atomic E-state index is 14.7. The molecule has 170 valence electrons. The lowest BCUT2D eigenvalue weighted by atomic mass is 10.1. The zero-order chi connectivity index (χ0) is 23.6. The zero-order valence-electron chi connectivity index (χ0n) is 17.2. The van der Waals surface area contributed by atoms with Crippen LogP contribution < -0.4 is 14.9 Å². The second-order valence-corrected chi connectivity index (χ2v) is 9.79. The van der Waals surface area contributed by atoms with Gasteiger partial charge >= 0.3 is 0 Å². The summed E-state index contributed by atoms with van der Waals surface area (Å²) in [6.45, 7) is 0.273. The van der Waals surface area contributed by atoms with E-state index in [0.29, 0.717) is 17.7 Å². The maximum atomic E-state index is 14.7. The van der Waals surface area contributed by atoms with Crippen molar-refractivity contribution in [3.8, 4) is 0 Å². The molecular formula is C23H19ClFN3O4S. The lowest BCUT2D eigenvalue weighted by Gasteiger charge is -2.17. The molecule has 0 aromatic heterocycles. The van der Waals surface area contributed by atoms with Crippen LogP contribution in [-0.4, -0.2) is 32.5 Å². The van der Waals surface area contributed by atoms with Crippen molar-refractivity contribution in [3.63, 3.8) is 0 Å². The van der Waals surface area contributed by atoms with Crippen LogP contribution in [0.2, 0.25) is 5.02 Å². The smallest absolute Gasteiger partial charge is 0.258 e. The number of amides is 2. The highest BCUT2D eigenvalue weighted by molar-refractivity contribution is 7.93. The SMILES string of the molecule is O=C(Nc1cc(NC(=O)c2ccc(N3CCCS3(=O)=O)cc2F)ccc1Cl)c1ccccc1. The van der Waals surface area contributed by atoms with Crippen LogP contribution in [0.25, 0.3) is 0 Å². The van der Waals surface area contributed by atoms with Gasteiger partial charge in [-0.25, -0.2) is 12.8 Å². The number of nitrogens with zero attached hydrogens (tertiary/aromatic N) is 1. The quantitative estimate of drug-likeness (QED) is 0.553. The minimum absolute atomic E-state index is 0.0105. The van der Waals surface area contributed by atoms with Crippen molar-refractivity contribution in [2.24, 2.45) is 0 Å². The van der Waals surface area contributed by atoms with Crippen molar-refractivity contribution in [1.29, 1.82) is 0 Å². The predicted octanol–water partition coefficient (Wildman–Crippen LogP) is 4.52. The number of halogens is 2. The standard InChI is InChI=1S/C23H19ClFN3O4S/c24-19-10-7-16(13-21(19)27-22(29)15-5-2-1-3-6-15)26-23(30)18-9-8-17(14-20(18)25)28-11-4-12-33(28,31)32/h1-3,5-10,13-14H,4,11-12H2,(H,26,30)(H,27,29). The second kappa shape index (κ2) is 9.21. The van der Waals surface area contributed by atoms with Gasteiger partial charge in [-0.1, -0.05) is 29.8 Å². The molecule has 0 atom stereocenters. The fraction of sp³-hybridized carbons (Fsp3) is 0.130. The number of sulfonamides is 1. The van der Waals surface area contributed by atoms with Crippen molar-refractivity contribution in [2.45, 2.75) is 6.42 Å². The predicted molar refractivity (Wildman–Crippen MR) is 126 cm³/mol. The van der Waals surface area contributed by atoms with Gasteiger partial charge < -0.3 is 10.6 Å². The van der Waals surface area contributed by atoms with Crippen LogP contribution in [0.15, 0.2) is 66.7 Å². The van der Waals surface area contributed by atoms with Gasteiger partial charge in [0.05, 0.1) is 27.7 Å². The monoisotopic (exact) mass is 487 g/mol. The minimum atomic E-state index is -3.46. The Balaban J connectivity index is 1.50. The Hall–Kier alpha value is -3.43. The van der Waals surface area contributed by atoms with Gasteiger partial charge in [0.2, 0.25) is 10.0 Å². The van der Waals surface area contributed by atoms with Crippen LogP contribution in [-0.2, 0) is 10.0 Å². The van der Waals surface area contributed by atoms with Crippen molar-refractivity contribution in [2.75, 3.05) is 27.2 Å². The highest BCUT2D eigenvalue weighted by atomic mass is 35.5. The topological polar surface area (TPSA) is 95.6 Å². The first-order valence-electron chi connectivity index (χ1n) is 10.0. The van der Waals surface area contributed by atoms with Crippen LogP contribution >= 0.6 is 11.6 Å². The molecule has 2 N–H and O–H groups in total. The Bertz CT molecular complexity index is 1330. The molecule has 2 amide bonds. The third-order valence-electron chi connectivity index (χ3n) is 5.09. The van der Waals surface area contributed by atoms with Crippen molar-refractivity contribution in [3.05, 3.63) is 88.7 Å². The summed E-state index contributed by atoms with van der Waals surface area (Å²) in [7, 11) is -3.46. The average molecular weight is 488 g/mol. The highest BCUT2D eigenvalue weighted by Crippen LogP contribution is 2.28. The third-order valence-corrected chi connectivity index (χ3v) is 7.29. The first-order valence-corrected chi connectivity index (χ1v) is 12.0. The first-order chi connectivity index (χ1) is 15.7. The number of benzene rings is 3. The Labute approximate surface area is 195 Å². The van der Waals surface area contributed by atoms with Crippen LogP contribution in [0.4, 0.5) is 21.5 Å². The summed E-state index contributed by atoms with van der Waals surface area (Å²) in [5.74, 6) is -1.94. The molecule has 4 rings (SSSR count). The van der Waals surface area contributed by atoms with Crippen LogP contribution in [0, 0.1) is 5.82 Å². The van der Waals surface area contributed by atoms with E-state index in [1.807, 2.05) is 0 Å². The number of nitrogens with one attached hydrogen (secondary N) is 2. The van der Waals surface area contributed by atoms with Gasteiger partial charge in [0, 0.05) is 17.8 Å². The van der Waals surface area contributed by atoms with Gasteiger partial charge in [-0.3, -0.25) is 13.9 Å². The van der Waals surface area contributed by atoms with E-state index in [2.05, 4.69) is 10.6 Å². The van der Waals surface area contributed by atoms with E-state index >= 15 is 0 Å². The Morgan fingerprint density at radius 1 is 0.939 bits per heavy atom. The largest absolute Gasteiger partial charge is 0.322 e. The minimum Gasteiger partial charge on any atom is -0.322 e.